The number of anilines is 2. The Morgan fingerprint density at radius 2 is 1.92 bits per heavy atom. The zero-order valence-electron chi connectivity index (χ0n) is 22.4. The van der Waals surface area contributed by atoms with E-state index in [1.165, 1.54) is 18.4 Å². The molecule has 0 spiro atoms. The van der Waals surface area contributed by atoms with E-state index in [1.54, 1.807) is 11.2 Å². The van der Waals surface area contributed by atoms with Crippen LogP contribution in [0.2, 0.25) is 5.02 Å². The van der Waals surface area contributed by atoms with Crippen molar-refractivity contribution in [2.75, 3.05) is 42.6 Å². The van der Waals surface area contributed by atoms with Crippen LogP contribution in [-0.4, -0.2) is 69.6 Å². The maximum absolute atomic E-state index is 6.70. The normalized spacial score (nSPS) is 19.9. The summed E-state index contributed by atoms with van der Waals surface area (Å²) in [6.07, 6.45) is 12.8. The molecule has 2 aromatic heterocycles. The van der Waals surface area contributed by atoms with Crippen LogP contribution >= 0.6 is 11.6 Å². The highest BCUT2D eigenvalue weighted by Crippen LogP contribution is 2.31. The Morgan fingerprint density at radius 1 is 1.13 bits per heavy atom. The maximum atomic E-state index is 6.70. The quantitative estimate of drug-likeness (QED) is 0.314. The van der Waals surface area contributed by atoms with Gasteiger partial charge in [0.2, 0.25) is 0 Å². The zero-order chi connectivity index (χ0) is 26.5. The number of nitrogens with two attached hydrogens (primary N) is 1. The second kappa shape index (κ2) is 12.3. The number of imidazole rings is 1. The van der Waals surface area contributed by atoms with Gasteiger partial charge in [-0.1, -0.05) is 36.7 Å². The number of hydrogen-bond acceptors (Lipinski definition) is 7. The van der Waals surface area contributed by atoms with E-state index in [2.05, 4.69) is 55.9 Å². The number of aromatic nitrogens is 3. The molecule has 3 aromatic rings. The van der Waals surface area contributed by atoms with Gasteiger partial charge in [-0.05, 0) is 63.0 Å². The van der Waals surface area contributed by atoms with E-state index >= 15 is 0 Å². The largest absolute Gasteiger partial charge is 0.353 e. The summed E-state index contributed by atoms with van der Waals surface area (Å²) < 4.78 is 0. The highest BCUT2D eigenvalue weighted by molar-refractivity contribution is 6.33. The molecule has 38 heavy (non-hydrogen) atoms. The third-order valence-electron chi connectivity index (χ3n) is 7.87. The fraction of sp³-hybridized carbons (Fsp3) is 0.448. The smallest absolute Gasteiger partial charge is 0.147 e. The summed E-state index contributed by atoms with van der Waals surface area (Å²) in [7, 11) is 0. The molecule has 9 heteroatoms. The molecule has 8 nitrogen and oxygen atoms in total. The van der Waals surface area contributed by atoms with Gasteiger partial charge in [-0.3, -0.25) is 14.8 Å². The molecular formula is C29H39ClN8. The predicted molar refractivity (Wildman–Crippen MR) is 156 cm³/mol. The number of nitrogens with one attached hydrogen (secondary N) is 1. The molecular weight excluding hydrogens is 496 g/mol. The van der Waals surface area contributed by atoms with Crippen LogP contribution in [0.3, 0.4) is 0 Å². The van der Waals surface area contributed by atoms with Crippen LogP contribution < -0.4 is 15.8 Å². The van der Waals surface area contributed by atoms with Gasteiger partial charge < -0.3 is 9.88 Å². The molecule has 3 N–H and O–H groups in total. The summed E-state index contributed by atoms with van der Waals surface area (Å²) >= 11 is 6.70. The number of piperazine rings is 1. The Bertz CT molecular complexity index is 1190. The summed E-state index contributed by atoms with van der Waals surface area (Å²) in [5.41, 5.74) is 3.25. The molecule has 2 aliphatic rings. The standard InChI is InChI=1S/C29H39ClN8/c1-3-13-38(31)26-7-5-22(6-8-26)20-35-14-9-25(10-15-35)37-17-16-36(21-24(37)4-2)29-27(30)18-23(19-34-29)28-32-11-12-33-28/h3,5-8,11-13,18-19,24-25H,4,9-10,14-17,20-21,31H2,1-2H3,(H,32,33)/b13-3-. The average Bonchev–Trinajstić information content (AvgIpc) is 3.49. The molecule has 1 atom stereocenters. The third kappa shape index (κ3) is 6.04. The number of likely N-dealkylation sites (tertiary alicyclic amines) is 1. The lowest BCUT2D eigenvalue weighted by Gasteiger charge is -2.47. The first kappa shape index (κ1) is 26.7. The lowest BCUT2D eigenvalue weighted by atomic mass is 9.97. The van der Waals surface area contributed by atoms with Crippen molar-refractivity contribution in [1.29, 1.82) is 0 Å². The first-order valence-electron chi connectivity index (χ1n) is 13.7. The molecule has 5 rings (SSSR count). The number of rotatable bonds is 8. The van der Waals surface area contributed by atoms with Gasteiger partial charge in [-0.15, -0.1) is 0 Å². The van der Waals surface area contributed by atoms with Crippen molar-refractivity contribution in [3.8, 4) is 11.4 Å². The Balaban J connectivity index is 1.14. The lowest BCUT2D eigenvalue weighted by molar-refractivity contribution is 0.0610. The SMILES string of the molecule is C/C=C\N(N)c1ccc(CN2CCC(N3CCN(c4ncc(-c5ncc[nH]5)cc4Cl)CC3CC)CC2)cc1. The minimum absolute atomic E-state index is 0.506. The van der Waals surface area contributed by atoms with Crippen LogP contribution in [-0.2, 0) is 6.54 Å². The number of nitrogens with zero attached hydrogens (tertiary/aromatic N) is 6. The number of pyridine rings is 1. The number of piperidine rings is 1. The Kier molecular flexibility index (Phi) is 8.64. The Hall–Kier alpha value is -2.91. The summed E-state index contributed by atoms with van der Waals surface area (Å²) in [6.45, 7) is 10.5. The minimum atomic E-state index is 0.506. The average molecular weight is 535 g/mol. The molecule has 2 fully saturated rings. The summed E-state index contributed by atoms with van der Waals surface area (Å²) in [5.74, 6) is 7.70. The molecule has 202 valence electrons. The molecule has 0 saturated carbocycles. The molecule has 1 aromatic carbocycles. The fourth-order valence-electron chi connectivity index (χ4n) is 5.81. The predicted octanol–water partition coefficient (Wildman–Crippen LogP) is 4.90. The number of benzene rings is 1. The monoisotopic (exact) mass is 534 g/mol. The van der Waals surface area contributed by atoms with Gasteiger partial charge in [-0.25, -0.2) is 15.8 Å². The van der Waals surface area contributed by atoms with Crippen molar-refractivity contribution >= 4 is 23.1 Å². The molecule has 2 saturated heterocycles. The van der Waals surface area contributed by atoms with Crippen molar-refractivity contribution in [3.05, 3.63) is 71.8 Å². The Labute approximate surface area is 231 Å². The van der Waals surface area contributed by atoms with Crippen LogP contribution in [0.25, 0.3) is 11.4 Å². The third-order valence-corrected chi connectivity index (χ3v) is 8.15. The van der Waals surface area contributed by atoms with E-state index in [0.29, 0.717) is 17.1 Å². The van der Waals surface area contributed by atoms with E-state index < -0.39 is 0 Å². The lowest BCUT2D eigenvalue weighted by Crippen LogP contribution is -2.58. The number of halogens is 1. The number of H-pyrrole nitrogens is 1. The summed E-state index contributed by atoms with van der Waals surface area (Å²) in [6, 6.07) is 11.7. The minimum Gasteiger partial charge on any atom is -0.353 e. The molecule has 4 heterocycles. The molecule has 0 radical (unpaired) electrons. The summed E-state index contributed by atoms with van der Waals surface area (Å²) in [5, 5.41) is 2.34. The zero-order valence-corrected chi connectivity index (χ0v) is 23.2. The molecule has 2 aliphatic heterocycles. The van der Waals surface area contributed by atoms with Gasteiger partial charge in [0, 0.05) is 68.6 Å². The van der Waals surface area contributed by atoms with E-state index in [1.807, 2.05) is 37.7 Å². The van der Waals surface area contributed by atoms with Crippen molar-refractivity contribution in [3.63, 3.8) is 0 Å². The number of hydrazine groups is 1. The van der Waals surface area contributed by atoms with Gasteiger partial charge in [0.05, 0.1) is 10.7 Å². The van der Waals surface area contributed by atoms with Crippen LogP contribution in [0.4, 0.5) is 11.5 Å². The fourth-order valence-corrected chi connectivity index (χ4v) is 6.10. The van der Waals surface area contributed by atoms with Crippen LogP contribution in [0.15, 0.2) is 61.2 Å². The van der Waals surface area contributed by atoms with Gasteiger partial charge in [-0.2, -0.15) is 0 Å². The van der Waals surface area contributed by atoms with Gasteiger partial charge in [0.15, 0.2) is 0 Å². The van der Waals surface area contributed by atoms with Crippen molar-refractivity contribution in [1.82, 2.24) is 24.8 Å². The van der Waals surface area contributed by atoms with Crippen LogP contribution in [0.5, 0.6) is 0 Å². The highest BCUT2D eigenvalue weighted by atomic mass is 35.5. The number of aromatic amines is 1. The van der Waals surface area contributed by atoms with Crippen LogP contribution in [0.1, 0.15) is 38.7 Å². The molecule has 1 unspecified atom stereocenters. The molecule has 0 amide bonds. The van der Waals surface area contributed by atoms with Crippen molar-refractivity contribution in [2.24, 2.45) is 5.84 Å². The molecule has 0 bridgehead atoms. The second-order valence-corrected chi connectivity index (χ2v) is 10.7. The van der Waals surface area contributed by atoms with Crippen molar-refractivity contribution < 1.29 is 0 Å². The van der Waals surface area contributed by atoms with E-state index in [-0.39, 0.29) is 0 Å². The molecule has 0 aliphatic carbocycles. The maximum Gasteiger partial charge on any atom is 0.147 e. The van der Waals surface area contributed by atoms with E-state index in [0.717, 1.165) is 68.6 Å². The summed E-state index contributed by atoms with van der Waals surface area (Å²) in [4.78, 5) is 19.9. The second-order valence-electron chi connectivity index (χ2n) is 10.3. The van der Waals surface area contributed by atoms with E-state index in [4.69, 9.17) is 22.4 Å². The topological polar surface area (TPSA) is 80.6 Å². The van der Waals surface area contributed by atoms with Gasteiger partial charge in [0.25, 0.3) is 0 Å². The van der Waals surface area contributed by atoms with Gasteiger partial charge >= 0.3 is 0 Å². The first-order valence-corrected chi connectivity index (χ1v) is 14.1. The van der Waals surface area contributed by atoms with Crippen molar-refractivity contribution in [2.45, 2.75) is 51.7 Å². The highest BCUT2D eigenvalue weighted by Gasteiger charge is 2.34. The van der Waals surface area contributed by atoms with E-state index in [9.17, 15) is 0 Å². The number of hydrogen-bond donors (Lipinski definition) is 2. The number of allylic oxidation sites excluding steroid dienone is 1. The first-order chi connectivity index (χ1) is 18.6. The Morgan fingerprint density at radius 3 is 2.58 bits per heavy atom. The van der Waals surface area contributed by atoms with Gasteiger partial charge in [0.1, 0.15) is 11.6 Å². The van der Waals surface area contributed by atoms with Crippen LogP contribution in [0, 0.1) is 0 Å².